The van der Waals surface area contributed by atoms with E-state index in [0.29, 0.717) is 18.4 Å². The van der Waals surface area contributed by atoms with Crippen LogP contribution in [0.15, 0.2) is 42.5 Å². The van der Waals surface area contributed by atoms with Crippen LogP contribution in [0.3, 0.4) is 0 Å². The Balaban J connectivity index is 1.67. The lowest BCUT2D eigenvalue weighted by Gasteiger charge is -2.19. The lowest BCUT2D eigenvalue weighted by atomic mass is 9.92. The van der Waals surface area contributed by atoms with E-state index in [-0.39, 0.29) is 11.9 Å². The van der Waals surface area contributed by atoms with E-state index in [1.807, 2.05) is 13.0 Å². The first-order chi connectivity index (χ1) is 10.2. The molecule has 21 heavy (non-hydrogen) atoms. The summed E-state index contributed by atoms with van der Waals surface area (Å²) < 4.78 is 5.24. The summed E-state index contributed by atoms with van der Waals surface area (Å²) in [5, 5.41) is 0. The average Bonchev–Trinajstić information content (AvgIpc) is 3.01. The van der Waals surface area contributed by atoms with Gasteiger partial charge in [0.15, 0.2) is 0 Å². The van der Waals surface area contributed by atoms with Gasteiger partial charge in [-0.15, -0.1) is 0 Å². The number of fused-ring (bicyclic) bond motifs is 1. The fourth-order valence-electron chi connectivity index (χ4n) is 3.82. The predicted octanol–water partition coefficient (Wildman–Crippen LogP) is 2.87. The lowest BCUT2D eigenvalue weighted by molar-refractivity contribution is -0.149. The molecule has 3 nitrogen and oxygen atoms in total. The molecule has 1 aliphatic carbocycles. The molecule has 0 N–H and O–H groups in total. The van der Waals surface area contributed by atoms with Crippen LogP contribution in [0.1, 0.15) is 18.9 Å². The molecule has 2 fully saturated rings. The van der Waals surface area contributed by atoms with Gasteiger partial charge in [0.05, 0.1) is 12.5 Å². The molecule has 3 rings (SSSR count). The Labute approximate surface area is 126 Å². The zero-order valence-electron chi connectivity index (χ0n) is 12.6. The quantitative estimate of drug-likeness (QED) is 0.629. The molecule has 0 spiro atoms. The van der Waals surface area contributed by atoms with E-state index in [1.165, 1.54) is 11.1 Å². The molecule has 2 aliphatic rings. The molecule has 0 unspecified atom stereocenters. The maximum absolute atomic E-state index is 12.1. The van der Waals surface area contributed by atoms with Gasteiger partial charge >= 0.3 is 5.97 Å². The van der Waals surface area contributed by atoms with Gasteiger partial charge in [0.25, 0.3) is 0 Å². The van der Waals surface area contributed by atoms with Gasteiger partial charge in [-0.25, -0.2) is 0 Å². The normalized spacial score (nSPS) is 28.6. The highest BCUT2D eigenvalue weighted by Crippen LogP contribution is 2.45. The molecule has 1 aromatic carbocycles. The molecule has 0 aromatic heterocycles. The van der Waals surface area contributed by atoms with Crippen LogP contribution < -0.4 is 0 Å². The number of likely N-dealkylation sites (tertiary alicyclic amines) is 1. The third-order valence-electron chi connectivity index (χ3n) is 4.80. The number of nitrogens with zero attached hydrogens (tertiary/aromatic N) is 1. The maximum Gasteiger partial charge on any atom is 0.309 e. The van der Waals surface area contributed by atoms with Gasteiger partial charge in [0.1, 0.15) is 0 Å². The van der Waals surface area contributed by atoms with Crippen molar-refractivity contribution in [1.29, 1.82) is 0 Å². The third-order valence-corrected chi connectivity index (χ3v) is 4.80. The Morgan fingerprint density at radius 3 is 2.81 bits per heavy atom. The van der Waals surface area contributed by atoms with Crippen molar-refractivity contribution in [1.82, 2.24) is 4.90 Å². The van der Waals surface area contributed by atoms with Gasteiger partial charge in [-0.3, -0.25) is 9.69 Å². The summed E-state index contributed by atoms with van der Waals surface area (Å²) in [6.45, 7) is 9.48. The molecule has 1 saturated carbocycles. The van der Waals surface area contributed by atoms with E-state index >= 15 is 0 Å². The standard InChI is InChI=1S/C18H23NO2/c1-3-21-18(20)15-9-13(2)16-11-19(12-17(15)16)10-14-7-5-4-6-8-14/h4-8,15-17H,2-3,9-12H2,1H3/t15-,16-,17+/m1/s1. The molecule has 1 heterocycles. The van der Waals surface area contributed by atoms with Crippen LogP contribution in [-0.2, 0) is 16.1 Å². The average molecular weight is 285 g/mol. The summed E-state index contributed by atoms with van der Waals surface area (Å²) in [5.41, 5.74) is 2.56. The van der Waals surface area contributed by atoms with Crippen molar-refractivity contribution >= 4 is 5.97 Å². The summed E-state index contributed by atoms with van der Waals surface area (Å²) in [6.07, 6.45) is 0.813. The summed E-state index contributed by atoms with van der Waals surface area (Å²) in [7, 11) is 0. The monoisotopic (exact) mass is 285 g/mol. The fourth-order valence-corrected chi connectivity index (χ4v) is 3.82. The predicted molar refractivity (Wildman–Crippen MR) is 82.6 cm³/mol. The van der Waals surface area contributed by atoms with Crippen molar-refractivity contribution in [2.24, 2.45) is 17.8 Å². The summed E-state index contributed by atoms with van der Waals surface area (Å²) in [6, 6.07) is 10.5. The molecule has 112 valence electrons. The largest absolute Gasteiger partial charge is 0.466 e. The van der Waals surface area contributed by atoms with Gasteiger partial charge in [-0.2, -0.15) is 0 Å². The van der Waals surface area contributed by atoms with E-state index in [2.05, 4.69) is 35.7 Å². The minimum absolute atomic E-state index is 0.0169. The molecule has 1 saturated heterocycles. The van der Waals surface area contributed by atoms with Crippen molar-refractivity contribution in [3.05, 3.63) is 48.0 Å². The zero-order valence-corrected chi connectivity index (χ0v) is 12.6. The second-order valence-electron chi connectivity index (χ2n) is 6.17. The highest BCUT2D eigenvalue weighted by molar-refractivity contribution is 5.74. The highest BCUT2D eigenvalue weighted by Gasteiger charge is 2.47. The smallest absolute Gasteiger partial charge is 0.309 e. The molecule has 0 amide bonds. The van der Waals surface area contributed by atoms with Gasteiger partial charge in [0.2, 0.25) is 0 Å². The summed E-state index contributed by atoms with van der Waals surface area (Å²) >= 11 is 0. The van der Waals surface area contributed by atoms with E-state index in [0.717, 1.165) is 26.1 Å². The van der Waals surface area contributed by atoms with Crippen LogP contribution in [0.4, 0.5) is 0 Å². The van der Waals surface area contributed by atoms with Crippen molar-refractivity contribution in [3.63, 3.8) is 0 Å². The number of carbonyl (C=O) groups excluding carboxylic acids is 1. The van der Waals surface area contributed by atoms with Gasteiger partial charge in [-0.1, -0.05) is 42.5 Å². The molecular weight excluding hydrogens is 262 g/mol. The molecule has 3 atom stereocenters. The van der Waals surface area contributed by atoms with Crippen molar-refractivity contribution < 1.29 is 9.53 Å². The van der Waals surface area contributed by atoms with Crippen LogP contribution in [0, 0.1) is 17.8 Å². The summed E-state index contributed by atoms with van der Waals surface area (Å²) in [4.78, 5) is 14.6. The zero-order chi connectivity index (χ0) is 14.8. The minimum atomic E-state index is -0.0345. The number of hydrogen-bond acceptors (Lipinski definition) is 3. The van der Waals surface area contributed by atoms with E-state index in [1.54, 1.807) is 0 Å². The van der Waals surface area contributed by atoms with Crippen LogP contribution in [0.5, 0.6) is 0 Å². The van der Waals surface area contributed by atoms with Crippen molar-refractivity contribution in [2.45, 2.75) is 19.9 Å². The van der Waals surface area contributed by atoms with Gasteiger partial charge < -0.3 is 4.74 Å². The molecule has 0 radical (unpaired) electrons. The van der Waals surface area contributed by atoms with Crippen LogP contribution in [-0.4, -0.2) is 30.6 Å². The second kappa shape index (κ2) is 6.02. The lowest BCUT2D eigenvalue weighted by Crippen LogP contribution is -2.27. The topological polar surface area (TPSA) is 29.5 Å². The number of carbonyl (C=O) groups is 1. The number of hydrogen-bond donors (Lipinski definition) is 0. The maximum atomic E-state index is 12.1. The minimum Gasteiger partial charge on any atom is -0.466 e. The Morgan fingerprint density at radius 2 is 2.10 bits per heavy atom. The first kappa shape index (κ1) is 14.3. The first-order valence-electron chi connectivity index (χ1n) is 7.79. The van der Waals surface area contributed by atoms with Crippen molar-refractivity contribution in [3.8, 4) is 0 Å². The highest BCUT2D eigenvalue weighted by atomic mass is 16.5. The second-order valence-corrected chi connectivity index (χ2v) is 6.17. The Morgan fingerprint density at radius 1 is 1.33 bits per heavy atom. The molecule has 1 aliphatic heterocycles. The molecule has 1 aromatic rings. The Kier molecular flexibility index (Phi) is 4.11. The van der Waals surface area contributed by atoms with Gasteiger partial charge in [0, 0.05) is 19.6 Å². The first-order valence-corrected chi connectivity index (χ1v) is 7.79. The number of rotatable bonds is 4. The SMILES string of the molecule is C=C1C[C@@H](C(=O)OCC)[C@@H]2CN(Cc3ccccc3)C[C@H]12. The molecule has 3 heteroatoms. The Bertz CT molecular complexity index is 525. The number of ether oxygens (including phenoxy) is 1. The molecular formula is C18H23NO2. The Hall–Kier alpha value is -1.61. The van der Waals surface area contributed by atoms with Crippen LogP contribution in [0.25, 0.3) is 0 Å². The van der Waals surface area contributed by atoms with E-state index in [9.17, 15) is 4.79 Å². The van der Waals surface area contributed by atoms with Crippen molar-refractivity contribution in [2.75, 3.05) is 19.7 Å². The number of esters is 1. The van der Waals surface area contributed by atoms with Gasteiger partial charge in [-0.05, 0) is 30.7 Å². The third kappa shape index (κ3) is 2.88. The number of benzene rings is 1. The fraction of sp³-hybridized carbons (Fsp3) is 0.500. The van der Waals surface area contributed by atoms with E-state index < -0.39 is 0 Å². The van der Waals surface area contributed by atoms with Crippen LogP contribution in [0.2, 0.25) is 0 Å². The van der Waals surface area contributed by atoms with Crippen LogP contribution >= 0.6 is 0 Å². The summed E-state index contributed by atoms with van der Waals surface area (Å²) in [5.74, 6) is 0.833. The van der Waals surface area contributed by atoms with E-state index in [4.69, 9.17) is 4.74 Å². The molecule has 0 bridgehead atoms.